The Morgan fingerprint density at radius 1 is 0.976 bits per heavy atom. The number of hydrogen-bond donors (Lipinski definition) is 0. The van der Waals surface area contributed by atoms with Crippen LogP contribution in [0.3, 0.4) is 0 Å². The molecule has 42 heavy (non-hydrogen) atoms. The second-order valence-electron chi connectivity index (χ2n) is 12.3. The maximum atomic E-state index is 12.2. The van der Waals surface area contributed by atoms with Crippen molar-refractivity contribution in [3.05, 3.63) is 112 Å². The minimum absolute atomic E-state index is 0. The first kappa shape index (κ1) is 32.6. The van der Waals surface area contributed by atoms with E-state index in [1.807, 2.05) is 60.7 Å². The number of carbonyl (C=O) groups is 1. The van der Waals surface area contributed by atoms with Gasteiger partial charge in [0.2, 0.25) is 0 Å². The van der Waals surface area contributed by atoms with Crippen molar-refractivity contribution in [2.45, 2.75) is 64.7 Å². The molecule has 1 atom stereocenters. The van der Waals surface area contributed by atoms with Crippen molar-refractivity contribution in [2.24, 2.45) is 5.41 Å². The van der Waals surface area contributed by atoms with Crippen LogP contribution in [0.15, 0.2) is 84.4 Å². The van der Waals surface area contributed by atoms with E-state index in [4.69, 9.17) is 21.3 Å². The smallest absolute Gasteiger partial charge is 0.550 e. The van der Waals surface area contributed by atoms with Crippen LogP contribution < -0.4 is 39.4 Å². The van der Waals surface area contributed by atoms with Crippen molar-refractivity contribution in [3.63, 3.8) is 0 Å². The molecule has 0 radical (unpaired) electrons. The van der Waals surface area contributed by atoms with Crippen LogP contribution in [-0.2, 0) is 17.8 Å². The minimum atomic E-state index is -1.04. The summed E-state index contributed by atoms with van der Waals surface area (Å²) in [7, 11) is 0. The molecule has 3 aromatic carbocycles. The number of thioether (sulfide) groups is 1. The fourth-order valence-corrected chi connectivity index (χ4v) is 6.63. The standard InChI is InChI=1S/C35H36ClNO3S.Na/c1-34(2,3)41-32-29-19-26(40-21-25-15-12-23-8-6-7-9-31(23)37-25)16-17-27(29)28(18-22-10-13-24(36)14-11-22)30(32)20-35(4,5)33(38)39;/h6-17,19,28H,18,20-21H2,1-5H3,(H,38,39);/q;+1/p-1. The van der Waals surface area contributed by atoms with Crippen molar-refractivity contribution in [1.29, 1.82) is 0 Å². The zero-order valence-electron chi connectivity index (χ0n) is 25.2. The molecule has 4 aromatic rings. The molecule has 0 bridgehead atoms. The normalized spacial score (nSPS) is 15.0. The van der Waals surface area contributed by atoms with Gasteiger partial charge >= 0.3 is 29.6 Å². The Labute approximate surface area is 280 Å². The monoisotopic (exact) mass is 607 g/mol. The summed E-state index contributed by atoms with van der Waals surface area (Å²) >= 11 is 7.96. The number of fused-ring (bicyclic) bond motifs is 2. The first-order valence-electron chi connectivity index (χ1n) is 13.9. The van der Waals surface area contributed by atoms with Gasteiger partial charge < -0.3 is 14.6 Å². The number of ether oxygens (including phenoxy) is 1. The van der Waals surface area contributed by atoms with Crippen LogP contribution in [0.5, 0.6) is 5.75 Å². The fourth-order valence-electron chi connectivity index (χ4n) is 5.26. The molecule has 0 saturated heterocycles. The molecule has 4 nitrogen and oxygen atoms in total. The number of nitrogens with zero attached hydrogens (tertiary/aromatic N) is 1. The Kier molecular flexibility index (Phi) is 10.2. The molecule has 212 valence electrons. The van der Waals surface area contributed by atoms with E-state index >= 15 is 0 Å². The third kappa shape index (κ3) is 7.62. The van der Waals surface area contributed by atoms with Crippen molar-refractivity contribution in [1.82, 2.24) is 4.98 Å². The summed E-state index contributed by atoms with van der Waals surface area (Å²) in [6.07, 6.45) is 1.15. The molecular weight excluding hydrogens is 573 g/mol. The second-order valence-corrected chi connectivity index (χ2v) is 14.6. The average molecular weight is 608 g/mol. The molecule has 0 spiro atoms. The van der Waals surface area contributed by atoms with Crippen LogP contribution in [0.25, 0.3) is 15.8 Å². The molecule has 0 aliphatic heterocycles. The predicted octanol–water partition coefficient (Wildman–Crippen LogP) is 5.22. The fraction of sp³-hybridized carbons (Fsp3) is 0.314. The van der Waals surface area contributed by atoms with E-state index in [0.717, 1.165) is 50.4 Å². The molecule has 1 aliphatic carbocycles. The number of aromatic nitrogens is 1. The molecule has 1 heterocycles. The summed E-state index contributed by atoms with van der Waals surface area (Å²) in [5.41, 5.74) is 5.38. The Hall–Kier alpha value is -2.28. The summed E-state index contributed by atoms with van der Waals surface area (Å²) in [5, 5.41) is 13.9. The van der Waals surface area contributed by atoms with E-state index in [0.29, 0.717) is 18.1 Å². The molecule has 1 aliphatic rings. The average Bonchev–Trinajstić information content (AvgIpc) is 3.18. The van der Waals surface area contributed by atoms with E-state index in [1.54, 1.807) is 25.6 Å². The third-order valence-electron chi connectivity index (χ3n) is 7.35. The van der Waals surface area contributed by atoms with Gasteiger partial charge in [-0.15, -0.1) is 11.8 Å². The van der Waals surface area contributed by atoms with Crippen molar-refractivity contribution >= 4 is 45.1 Å². The van der Waals surface area contributed by atoms with Gasteiger partial charge in [0.05, 0.1) is 11.2 Å². The van der Waals surface area contributed by atoms with E-state index in [1.165, 1.54) is 5.56 Å². The van der Waals surface area contributed by atoms with Gasteiger partial charge in [-0.3, -0.25) is 0 Å². The molecule has 7 heteroatoms. The number of carboxylic acids is 1. The third-order valence-corrected chi connectivity index (χ3v) is 8.90. The number of hydrogen-bond acceptors (Lipinski definition) is 5. The van der Waals surface area contributed by atoms with Crippen LogP contribution in [-0.4, -0.2) is 15.7 Å². The summed E-state index contributed by atoms with van der Waals surface area (Å²) in [5.74, 6) is -0.250. The molecule has 0 amide bonds. The van der Waals surface area contributed by atoms with E-state index < -0.39 is 11.4 Å². The number of pyridine rings is 1. The van der Waals surface area contributed by atoms with Gasteiger partial charge in [0.1, 0.15) is 12.4 Å². The Morgan fingerprint density at radius 3 is 2.38 bits per heavy atom. The number of carboxylic acid groups (broad SMARTS) is 1. The summed E-state index contributed by atoms with van der Waals surface area (Å²) < 4.78 is 6.19. The van der Waals surface area contributed by atoms with Crippen LogP contribution in [0.4, 0.5) is 0 Å². The van der Waals surface area contributed by atoms with Gasteiger partial charge in [-0.2, -0.15) is 0 Å². The SMILES string of the molecule is CC(C)(C)SC1=C(CC(C)(C)C(=O)[O-])C(Cc2ccc(Cl)cc2)c2ccc(OCc3ccc4ccccc4n3)cc21.[Na+]. The second kappa shape index (κ2) is 13.2. The van der Waals surface area contributed by atoms with Crippen molar-refractivity contribution in [3.8, 4) is 5.75 Å². The van der Waals surface area contributed by atoms with Gasteiger partial charge in [0.25, 0.3) is 0 Å². The molecule has 0 saturated carbocycles. The number of carbonyl (C=O) groups excluding carboxylic acids is 1. The summed E-state index contributed by atoms with van der Waals surface area (Å²) in [4.78, 5) is 18.0. The van der Waals surface area contributed by atoms with E-state index in [9.17, 15) is 9.90 Å². The maximum Gasteiger partial charge on any atom is 1.00 e. The quantitative estimate of drug-likeness (QED) is 0.244. The van der Waals surface area contributed by atoms with Crippen molar-refractivity contribution in [2.75, 3.05) is 0 Å². The Balaban J connectivity index is 0.00000405. The van der Waals surface area contributed by atoms with Crippen LogP contribution in [0.1, 0.15) is 69.3 Å². The number of benzene rings is 3. The van der Waals surface area contributed by atoms with Crippen LogP contribution in [0, 0.1) is 5.41 Å². The topological polar surface area (TPSA) is 62.2 Å². The van der Waals surface area contributed by atoms with E-state index in [-0.39, 0.29) is 40.2 Å². The van der Waals surface area contributed by atoms with Gasteiger partial charge in [-0.25, -0.2) is 4.98 Å². The Morgan fingerprint density at radius 2 is 1.69 bits per heavy atom. The largest absolute Gasteiger partial charge is 1.00 e. The number of halogens is 1. The first-order chi connectivity index (χ1) is 19.4. The van der Waals surface area contributed by atoms with E-state index in [2.05, 4.69) is 39.0 Å². The zero-order valence-corrected chi connectivity index (χ0v) is 28.7. The number of para-hydroxylation sites is 1. The van der Waals surface area contributed by atoms with Gasteiger partial charge in [-0.1, -0.05) is 88.7 Å². The number of rotatable bonds is 9. The van der Waals surface area contributed by atoms with Gasteiger partial charge in [0.15, 0.2) is 0 Å². The number of allylic oxidation sites excluding steroid dienone is 1. The Bertz CT molecular complexity index is 1630. The van der Waals surface area contributed by atoms with Crippen LogP contribution >= 0.6 is 23.4 Å². The molecular formula is C35H35ClNNaO3S. The molecule has 0 N–H and O–H groups in total. The first-order valence-corrected chi connectivity index (χ1v) is 15.1. The summed E-state index contributed by atoms with van der Waals surface area (Å²) in [6, 6.07) is 26.3. The summed E-state index contributed by atoms with van der Waals surface area (Å²) in [6.45, 7) is 10.4. The molecule has 1 unspecified atom stereocenters. The predicted molar refractivity (Wildman–Crippen MR) is 168 cm³/mol. The zero-order chi connectivity index (χ0) is 29.4. The van der Waals surface area contributed by atoms with Crippen molar-refractivity contribution < 1.29 is 44.2 Å². The molecule has 5 rings (SSSR count). The minimum Gasteiger partial charge on any atom is -0.550 e. The van der Waals surface area contributed by atoms with Gasteiger partial charge in [0, 0.05) is 37.4 Å². The molecule has 0 fully saturated rings. The van der Waals surface area contributed by atoms with Gasteiger partial charge in [-0.05, 0) is 71.5 Å². The number of aliphatic carboxylic acids is 1. The maximum absolute atomic E-state index is 12.2. The molecule has 1 aromatic heterocycles. The van der Waals surface area contributed by atoms with Crippen LogP contribution in [0.2, 0.25) is 5.02 Å².